The molecule has 0 saturated carbocycles. The summed E-state index contributed by atoms with van der Waals surface area (Å²) in [4.78, 5) is 3.71. The van der Waals surface area contributed by atoms with E-state index < -0.39 is 0 Å². The Balaban J connectivity index is 0.00000289. The first-order valence-electron chi connectivity index (χ1n) is 12.1. The highest BCUT2D eigenvalue weighted by atomic mass is 35.5. The van der Waals surface area contributed by atoms with E-state index in [0.717, 1.165) is 47.4 Å². The van der Waals surface area contributed by atoms with Crippen molar-refractivity contribution in [1.82, 2.24) is 4.90 Å². The molecule has 0 aliphatic carbocycles. The number of likely N-dealkylation sites (tertiary alicyclic amines) is 1. The number of piperidine rings is 1. The number of phenolic OH excluding ortho intramolecular Hbond substituents is 2. The fourth-order valence-corrected chi connectivity index (χ4v) is 5.99. The molecular formula is C29H32ClNO3S. The number of hydrogen-bond acceptors (Lipinski definition) is 5. The fourth-order valence-electron chi connectivity index (χ4n) is 4.73. The number of thiophene rings is 1. The molecule has 4 nitrogen and oxygen atoms in total. The van der Waals surface area contributed by atoms with Gasteiger partial charge in [-0.25, -0.2) is 0 Å². The van der Waals surface area contributed by atoms with Crippen LogP contribution in [0.4, 0.5) is 0 Å². The lowest BCUT2D eigenvalue weighted by Gasteiger charge is -2.26. The molecule has 2 N–H and O–H groups in total. The molecule has 1 aliphatic rings. The van der Waals surface area contributed by atoms with E-state index >= 15 is 0 Å². The van der Waals surface area contributed by atoms with Crippen molar-refractivity contribution in [2.75, 3.05) is 26.2 Å². The zero-order valence-corrected chi connectivity index (χ0v) is 21.4. The molecule has 4 aromatic rings. The van der Waals surface area contributed by atoms with Crippen LogP contribution >= 0.6 is 23.7 Å². The Morgan fingerprint density at radius 2 is 1.54 bits per heavy atom. The molecular weight excluding hydrogens is 478 g/mol. The van der Waals surface area contributed by atoms with Crippen LogP contribution in [0.1, 0.15) is 36.8 Å². The molecule has 1 aromatic heterocycles. The van der Waals surface area contributed by atoms with E-state index in [2.05, 4.69) is 29.2 Å². The predicted octanol–water partition coefficient (Wildman–Crippen LogP) is 7.25. The van der Waals surface area contributed by atoms with E-state index in [1.165, 1.54) is 48.4 Å². The van der Waals surface area contributed by atoms with E-state index in [1.807, 2.05) is 24.3 Å². The number of hydrogen-bond donors (Lipinski definition) is 2. The third kappa shape index (κ3) is 6.29. The van der Waals surface area contributed by atoms with Crippen molar-refractivity contribution >= 4 is 33.8 Å². The Bertz CT molecular complexity index is 1230. The highest BCUT2D eigenvalue weighted by Gasteiger charge is 2.15. The number of nitrogens with zero attached hydrogens (tertiary/aromatic N) is 1. The van der Waals surface area contributed by atoms with Crippen molar-refractivity contribution in [2.24, 2.45) is 0 Å². The SMILES string of the molecule is Cl.Oc1ccc(-c2sc3cc(O)ccc3c2Cc2ccc(OCCCN3CCCCC3)cc2)cc1. The molecule has 1 fully saturated rings. The summed E-state index contributed by atoms with van der Waals surface area (Å²) in [6.45, 7) is 4.34. The van der Waals surface area contributed by atoms with Crippen LogP contribution in [0, 0.1) is 0 Å². The second-order valence-electron chi connectivity index (χ2n) is 9.06. The minimum atomic E-state index is 0. The summed E-state index contributed by atoms with van der Waals surface area (Å²) >= 11 is 1.67. The fraction of sp³-hybridized carbons (Fsp3) is 0.310. The largest absolute Gasteiger partial charge is 0.508 e. The molecule has 5 rings (SSSR count). The second kappa shape index (κ2) is 11.8. The van der Waals surface area contributed by atoms with Crippen molar-refractivity contribution in [3.05, 3.63) is 77.9 Å². The van der Waals surface area contributed by atoms with Crippen LogP contribution < -0.4 is 4.74 Å². The summed E-state index contributed by atoms with van der Waals surface area (Å²) in [5.74, 6) is 1.45. The normalized spacial score (nSPS) is 14.1. The number of rotatable bonds is 8. The van der Waals surface area contributed by atoms with Gasteiger partial charge < -0.3 is 19.8 Å². The van der Waals surface area contributed by atoms with Gasteiger partial charge in [0, 0.05) is 16.1 Å². The lowest BCUT2D eigenvalue weighted by Crippen LogP contribution is -2.31. The minimum absolute atomic E-state index is 0. The average molecular weight is 510 g/mol. The molecule has 0 bridgehead atoms. The summed E-state index contributed by atoms with van der Waals surface area (Å²) in [7, 11) is 0. The maximum Gasteiger partial charge on any atom is 0.119 e. The minimum Gasteiger partial charge on any atom is -0.508 e. The third-order valence-electron chi connectivity index (χ3n) is 6.55. The van der Waals surface area contributed by atoms with Gasteiger partial charge in [0.15, 0.2) is 0 Å². The molecule has 0 amide bonds. The summed E-state index contributed by atoms with van der Waals surface area (Å²) in [6.07, 6.45) is 5.88. The van der Waals surface area contributed by atoms with Crippen molar-refractivity contribution in [3.63, 3.8) is 0 Å². The number of benzene rings is 3. The van der Waals surface area contributed by atoms with E-state index in [1.54, 1.807) is 29.5 Å². The third-order valence-corrected chi connectivity index (χ3v) is 7.79. The molecule has 0 radical (unpaired) electrons. The number of fused-ring (bicyclic) bond motifs is 1. The Hall–Kier alpha value is -2.73. The topological polar surface area (TPSA) is 52.9 Å². The predicted molar refractivity (Wildman–Crippen MR) is 147 cm³/mol. The lowest BCUT2D eigenvalue weighted by molar-refractivity contribution is 0.205. The maximum absolute atomic E-state index is 9.98. The first-order chi connectivity index (χ1) is 16.7. The Morgan fingerprint density at radius 1 is 0.829 bits per heavy atom. The van der Waals surface area contributed by atoms with Crippen molar-refractivity contribution < 1.29 is 14.9 Å². The van der Waals surface area contributed by atoms with Gasteiger partial charge in [0.2, 0.25) is 0 Å². The molecule has 3 aromatic carbocycles. The maximum atomic E-state index is 9.98. The Kier molecular flexibility index (Phi) is 8.55. The van der Waals surface area contributed by atoms with Gasteiger partial charge in [0.1, 0.15) is 17.2 Å². The lowest BCUT2D eigenvalue weighted by atomic mass is 9.99. The van der Waals surface area contributed by atoms with Crippen molar-refractivity contribution in [3.8, 4) is 27.7 Å². The van der Waals surface area contributed by atoms with Gasteiger partial charge in [-0.3, -0.25) is 0 Å². The van der Waals surface area contributed by atoms with Crippen LogP contribution in [-0.4, -0.2) is 41.4 Å². The zero-order chi connectivity index (χ0) is 23.3. The zero-order valence-electron chi connectivity index (χ0n) is 19.8. The van der Waals surface area contributed by atoms with Crippen molar-refractivity contribution in [1.29, 1.82) is 0 Å². The van der Waals surface area contributed by atoms with E-state index in [0.29, 0.717) is 0 Å². The Morgan fingerprint density at radius 3 is 2.29 bits per heavy atom. The molecule has 0 spiro atoms. The quantitative estimate of drug-likeness (QED) is 0.246. The van der Waals surface area contributed by atoms with Gasteiger partial charge in [0.25, 0.3) is 0 Å². The van der Waals surface area contributed by atoms with Crippen LogP contribution in [-0.2, 0) is 6.42 Å². The Labute approximate surface area is 217 Å². The van der Waals surface area contributed by atoms with Gasteiger partial charge in [-0.2, -0.15) is 0 Å². The van der Waals surface area contributed by atoms with Crippen LogP contribution in [0.5, 0.6) is 17.2 Å². The molecule has 6 heteroatoms. The number of ether oxygens (including phenoxy) is 1. The van der Waals surface area contributed by atoms with Gasteiger partial charge in [-0.15, -0.1) is 23.7 Å². The van der Waals surface area contributed by atoms with Crippen LogP contribution in [0.25, 0.3) is 20.5 Å². The number of aromatic hydroxyl groups is 2. The molecule has 2 heterocycles. The van der Waals surface area contributed by atoms with E-state index in [4.69, 9.17) is 4.74 Å². The second-order valence-corrected chi connectivity index (χ2v) is 10.1. The standard InChI is InChI=1S/C29H31NO3S.ClH/c31-23-9-7-22(8-10-23)29-27(26-14-11-24(32)20-28(26)34-29)19-21-5-12-25(13-6-21)33-18-4-17-30-15-2-1-3-16-30;/h5-14,20,31-32H,1-4,15-19H2;1H. The molecule has 35 heavy (non-hydrogen) atoms. The highest BCUT2D eigenvalue weighted by molar-refractivity contribution is 7.22. The van der Waals surface area contributed by atoms with Crippen LogP contribution in [0.3, 0.4) is 0 Å². The van der Waals surface area contributed by atoms with Crippen molar-refractivity contribution in [2.45, 2.75) is 32.1 Å². The van der Waals surface area contributed by atoms with Crippen LogP contribution in [0.15, 0.2) is 66.7 Å². The van der Waals surface area contributed by atoms with E-state index in [9.17, 15) is 10.2 Å². The van der Waals surface area contributed by atoms with E-state index in [-0.39, 0.29) is 23.9 Å². The molecule has 184 valence electrons. The first kappa shape index (κ1) is 25.4. The molecule has 1 aliphatic heterocycles. The summed E-state index contributed by atoms with van der Waals surface area (Å²) in [5, 5.41) is 20.8. The number of halogens is 1. The van der Waals surface area contributed by atoms with Gasteiger partial charge in [-0.1, -0.05) is 18.6 Å². The highest BCUT2D eigenvalue weighted by Crippen LogP contribution is 2.41. The first-order valence-corrected chi connectivity index (χ1v) is 13.0. The summed E-state index contributed by atoms with van der Waals surface area (Å²) < 4.78 is 7.06. The smallest absolute Gasteiger partial charge is 0.119 e. The van der Waals surface area contributed by atoms with Crippen LogP contribution in [0.2, 0.25) is 0 Å². The number of phenols is 2. The van der Waals surface area contributed by atoms with Gasteiger partial charge in [-0.05, 0) is 115 Å². The molecule has 0 unspecified atom stereocenters. The van der Waals surface area contributed by atoms with Gasteiger partial charge in [0.05, 0.1) is 6.61 Å². The molecule has 1 saturated heterocycles. The monoisotopic (exact) mass is 509 g/mol. The van der Waals surface area contributed by atoms with Gasteiger partial charge >= 0.3 is 0 Å². The summed E-state index contributed by atoms with van der Waals surface area (Å²) in [6, 6.07) is 21.3. The average Bonchev–Trinajstić information content (AvgIpc) is 3.21. The summed E-state index contributed by atoms with van der Waals surface area (Å²) in [5.41, 5.74) is 3.52. The molecule has 0 atom stereocenters.